The van der Waals surface area contributed by atoms with Crippen LogP contribution in [0.1, 0.15) is 28.9 Å². The molecule has 0 saturated heterocycles. The lowest BCUT2D eigenvalue weighted by Gasteiger charge is -2.22. The van der Waals surface area contributed by atoms with Crippen LogP contribution in [0.3, 0.4) is 0 Å². The van der Waals surface area contributed by atoms with Crippen LogP contribution < -0.4 is 5.73 Å². The van der Waals surface area contributed by atoms with Crippen LogP contribution in [0.25, 0.3) is 0 Å². The molecule has 2 atom stereocenters. The van der Waals surface area contributed by atoms with Gasteiger partial charge in [0.25, 0.3) is 0 Å². The number of halogens is 1. The van der Waals surface area contributed by atoms with E-state index in [-0.39, 0.29) is 5.92 Å². The maximum atomic E-state index is 10.4. The molecule has 3 N–H and O–H groups in total. The fraction of sp³-hybridized carbons (Fsp3) is 0.286. The van der Waals surface area contributed by atoms with Gasteiger partial charge in [0.2, 0.25) is 0 Å². The van der Waals surface area contributed by atoms with Gasteiger partial charge in [-0.2, -0.15) is 0 Å². The van der Waals surface area contributed by atoms with Crippen molar-refractivity contribution in [2.24, 2.45) is 5.73 Å². The summed E-state index contributed by atoms with van der Waals surface area (Å²) in [5, 5.41) is 11.0. The van der Waals surface area contributed by atoms with Crippen molar-refractivity contribution >= 4 is 11.6 Å². The maximum Gasteiger partial charge on any atom is 0.106 e. The lowest BCUT2D eigenvalue weighted by Crippen LogP contribution is -2.20. The summed E-state index contributed by atoms with van der Waals surface area (Å²) in [6, 6.07) is 9.19. The van der Waals surface area contributed by atoms with Gasteiger partial charge in [-0.05, 0) is 24.6 Å². The lowest BCUT2D eigenvalue weighted by atomic mass is 9.89. The van der Waals surface area contributed by atoms with Crippen LogP contribution in [0.15, 0.2) is 41.0 Å². The third kappa shape index (κ3) is 2.43. The molecule has 0 fully saturated rings. The second-order valence-corrected chi connectivity index (χ2v) is 4.65. The fourth-order valence-electron chi connectivity index (χ4n) is 2.12. The van der Waals surface area contributed by atoms with Crippen molar-refractivity contribution < 1.29 is 9.52 Å². The first kappa shape index (κ1) is 13.1. The van der Waals surface area contributed by atoms with Gasteiger partial charge in [0, 0.05) is 23.0 Å². The number of rotatable bonds is 4. The summed E-state index contributed by atoms with van der Waals surface area (Å²) in [5.74, 6) is 0.461. The van der Waals surface area contributed by atoms with Crippen molar-refractivity contribution in [1.29, 1.82) is 0 Å². The molecule has 0 spiro atoms. The molecule has 0 radical (unpaired) electrons. The zero-order valence-corrected chi connectivity index (χ0v) is 10.9. The van der Waals surface area contributed by atoms with Gasteiger partial charge in [-0.1, -0.05) is 29.8 Å². The quantitative estimate of drug-likeness (QED) is 0.893. The molecule has 0 aliphatic carbocycles. The first-order valence-corrected chi connectivity index (χ1v) is 6.19. The van der Waals surface area contributed by atoms with E-state index in [9.17, 15) is 5.11 Å². The molecule has 4 heteroatoms. The van der Waals surface area contributed by atoms with Crippen molar-refractivity contribution in [3.05, 3.63) is 58.5 Å². The van der Waals surface area contributed by atoms with Gasteiger partial charge >= 0.3 is 0 Å². The van der Waals surface area contributed by atoms with Crippen molar-refractivity contribution in [3.8, 4) is 0 Å². The minimum absolute atomic E-state index is 0.241. The Morgan fingerprint density at radius 2 is 2.00 bits per heavy atom. The molecule has 0 aliphatic rings. The molecule has 18 heavy (non-hydrogen) atoms. The number of hydrogen-bond acceptors (Lipinski definition) is 3. The molecule has 1 aromatic carbocycles. The molecule has 3 nitrogen and oxygen atoms in total. The predicted octanol–water partition coefficient (Wildman–Crippen LogP) is 3.02. The SMILES string of the molecule is Cc1occc1C(O)C(CN)c1ccccc1Cl. The van der Waals surface area contributed by atoms with Gasteiger partial charge in [0.15, 0.2) is 0 Å². The Labute approximate surface area is 111 Å². The third-order valence-corrected chi connectivity index (χ3v) is 3.50. The minimum Gasteiger partial charge on any atom is -0.469 e. The Morgan fingerprint density at radius 1 is 1.28 bits per heavy atom. The highest BCUT2D eigenvalue weighted by molar-refractivity contribution is 6.31. The molecule has 1 heterocycles. The number of furan rings is 1. The van der Waals surface area contributed by atoms with E-state index in [1.165, 1.54) is 0 Å². The normalized spacial score (nSPS) is 14.4. The lowest BCUT2D eigenvalue weighted by molar-refractivity contribution is 0.145. The molecule has 2 unspecified atom stereocenters. The van der Waals surface area contributed by atoms with Crippen molar-refractivity contribution in [2.75, 3.05) is 6.54 Å². The Balaban J connectivity index is 2.35. The molecule has 2 aromatic rings. The highest BCUT2D eigenvalue weighted by Gasteiger charge is 2.25. The van der Waals surface area contributed by atoms with E-state index in [4.69, 9.17) is 21.8 Å². The first-order chi connectivity index (χ1) is 8.65. The van der Waals surface area contributed by atoms with E-state index in [0.717, 1.165) is 11.1 Å². The monoisotopic (exact) mass is 265 g/mol. The molecular formula is C14H16ClNO2. The summed E-state index contributed by atoms with van der Waals surface area (Å²) < 4.78 is 5.21. The van der Waals surface area contributed by atoms with Crippen LogP contribution in [-0.4, -0.2) is 11.7 Å². The zero-order chi connectivity index (χ0) is 13.1. The number of aliphatic hydroxyl groups is 1. The predicted molar refractivity (Wildman–Crippen MR) is 71.7 cm³/mol. The summed E-state index contributed by atoms with van der Waals surface area (Å²) in [5.41, 5.74) is 7.39. The van der Waals surface area contributed by atoms with Crippen molar-refractivity contribution in [3.63, 3.8) is 0 Å². The van der Waals surface area contributed by atoms with Gasteiger partial charge < -0.3 is 15.3 Å². The summed E-state index contributed by atoms with van der Waals surface area (Å²) in [6.07, 6.45) is 0.849. The molecule has 2 rings (SSSR count). The summed E-state index contributed by atoms with van der Waals surface area (Å²) >= 11 is 6.15. The molecule has 0 amide bonds. The number of aliphatic hydroxyl groups excluding tert-OH is 1. The van der Waals surface area contributed by atoms with E-state index in [2.05, 4.69) is 0 Å². The van der Waals surface area contributed by atoms with Crippen LogP contribution >= 0.6 is 11.6 Å². The second-order valence-electron chi connectivity index (χ2n) is 4.24. The second kappa shape index (κ2) is 5.57. The van der Waals surface area contributed by atoms with Crippen LogP contribution in [0.5, 0.6) is 0 Å². The van der Waals surface area contributed by atoms with E-state index in [1.807, 2.05) is 25.1 Å². The number of aryl methyl sites for hydroxylation is 1. The third-order valence-electron chi connectivity index (χ3n) is 3.16. The largest absolute Gasteiger partial charge is 0.469 e. The standard InChI is InChI=1S/C14H16ClNO2/c1-9-10(6-7-18-9)14(17)12(8-16)11-4-2-3-5-13(11)15/h2-7,12,14,17H,8,16H2,1H3. The average Bonchev–Trinajstić information content (AvgIpc) is 2.78. The summed E-state index contributed by atoms with van der Waals surface area (Å²) in [6.45, 7) is 2.13. The fourth-order valence-corrected chi connectivity index (χ4v) is 2.40. The molecule has 96 valence electrons. The first-order valence-electron chi connectivity index (χ1n) is 5.81. The number of hydrogen-bond donors (Lipinski definition) is 2. The van der Waals surface area contributed by atoms with Crippen LogP contribution in [0.2, 0.25) is 5.02 Å². The van der Waals surface area contributed by atoms with Crippen LogP contribution in [0, 0.1) is 6.92 Å². The van der Waals surface area contributed by atoms with E-state index in [0.29, 0.717) is 17.3 Å². The molecular weight excluding hydrogens is 250 g/mol. The van der Waals surface area contributed by atoms with Gasteiger partial charge in [-0.3, -0.25) is 0 Å². The summed E-state index contributed by atoms with van der Waals surface area (Å²) in [4.78, 5) is 0. The van der Waals surface area contributed by atoms with Crippen LogP contribution in [-0.2, 0) is 0 Å². The number of nitrogens with two attached hydrogens (primary N) is 1. The molecule has 1 aromatic heterocycles. The van der Waals surface area contributed by atoms with Gasteiger partial charge in [0.05, 0.1) is 12.4 Å². The Hall–Kier alpha value is -1.29. The van der Waals surface area contributed by atoms with Crippen molar-refractivity contribution in [1.82, 2.24) is 0 Å². The van der Waals surface area contributed by atoms with E-state index in [1.54, 1.807) is 18.4 Å². The van der Waals surface area contributed by atoms with Gasteiger partial charge in [-0.15, -0.1) is 0 Å². The Bertz CT molecular complexity index is 524. The topological polar surface area (TPSA) is 59.4 Å². The highest BCUT2D eigenvalue weighted by Crippen LogP contribution is 2.35. The van der Waals surface area contributed by atoms with Crippen LogP contribution in [0.4, 0.5) is 0 Å². The molecule has 0 aliphatic heterocycles. The van der Waals surface area contributed by atoms with Crippen molar-refractivity contribution in [2.45, 2.75) is 18.9 Å². The Kier molecular flexibility index (Phi) is 4.07. The van der Waals surface area contributed by atoms with Gasteiger partial charge in [-0.25, -0.2) is 0 Å². The zero-order valence-electron chi connectivity index (χ0n) is 10.1. The summed E-state index contributed by atoms with van der Waals surface area (Å²) in [7, 11) is 0. The smallest absolute Gasteiger partial charge is 0.106 e. The Morgan fingerprint density at radius 3 is 2.56 bits per heavy atom. The van der Waals surface area contributed by atoms with E-state index < -0.39 is 6.10 Å². The van der Waals surface area contributed by atoms with Gasteiger partial charge in [0.1, 0.15) is 5.76 Å². The minimum atomic E-state index is -0.714. The van der Waals surface area contributed by atoms with E-state index >= 15 is 0 Å². The highest BCUT2D eigenvalue weighted by atomic mass is 35.5. The molecule has 0 saturated carbocycles. The molecule has 0 bridgehead atoms. The number of benzene rings is 1. The average molecular weight is 266 g/mol. The maximum absolute atomic E-state index is 10.4.